The number of hydrogen-bond acceptors (Lipinski definition) is 0. The average molecular weight is 180 g/mol. The molecule has 0 saturated heterocycles. The molecule has 0 N–H and O–H groups in total. The molecular formula is C10H18BP. The maximum atomic E-state index is 6.35. The van der Waals surface area contributed by atoms with E-state index >= 15 is 0 Å². The zero-order valence-corrected chi connectivity index (χ0v) is 8.73. The molecule has 0 amide bonds. The first-order valence-electron chi connectivity index (χ1n) is 5.41. The molecule has 2 rings (SSSR count). The van der Waals surface area contributed by atoms with Gasteiger partial charge in [-0.15, -0.1) is 0 Å². The van der Waals surface area contributed by atoms with Crippen LogP contribution in [0, 0.1) is 0 Å². The fraction of sp³-hybridized carbons (Fsp3) is 1.00. The molecule has 2 aliphatic carbocycles. The highest BCUT2D eigenvalue weighted by Crippen LogP contribution is 2.53. The van der Waals surface area contributed by atoms with Gasteiger partial charge in [0.05, 0.1) is 0 Å². The fourth-order valence-electron chi connectivity index (χ4n) is 2.70. The van der Waals surface area contributed by atoms with Gasteiger partial charge >= 0.3 is 0 Å². The van der Waals surface area contributed by atoms with Crippen LogP contribution >= 0.6 is 7.80 Å². The maximum Gasteiger partial charge on any atom is 0.109 e. The summed E-state index contributed by atoms with van der Waals surface area (Å²) < 4.78 is 0. The van der Waals surface area contributed by atoms with Gasteiger partial charge in [0.25, 0.3) is 0 Å². The van der Waals surface area contributed by atoms with Crippen LogP contribution < -0.4 is 0 Å². The van der Waals surface area contributed by atoms with Crippen LogP contribution in [0.3, 0.4) is 0 Å². The molecule has 66 valence electrons. The van der Waals surface area contributed by atoms with Crippen LogP contribution in [0.1, 0.15) is 51.4 Å². The molecule has 12 heavy (non-hydrogen) atoms. The lowest BCUT2D eigenvalue weighted by Gasteiger charge is -2.26. The third kappa shape index (κ3) is 1.87. The molecule has 0 unspecified atom stereocenters. The smallest absolute Gasteiger partial charge is 0.109 e. The molecule has 0 atom stereocenters. The summed E-state index contributed by atoms with van der Waals surface area (Å²) in [6.07, 6.45) is 11.6. The molecule has 2 fully saturated rings. The summed E-state index contributed by atoms with van der Waals surface area (Å²) in [5.41, 5.74) is 1.89. The zero-order valence-electron chi connectivity index (χ0n) is 7.84. The highest BCUT2D eigenvalue weighted by Gasteiger charge is 2.28. The van der Waals surface area contributed by atoms with Gasteiger partial charge in [0.1, 0.15) is 7.57 Å². The van der Waals surface area contributed by atoms with Gasteiger partial charge < -0.3 is 0 Å². The molecule has 0 aromatic heterocycles. The van der Waals surface area contributed by atoms with Crippen molar-refractivity contribution in [3.63, 3.8) is 0 Å². The van der Waals surface area contributed by atoms with E-state index in [4.69, 9.17) is 7.57 Å². The summed E-state index contributed by atoms with van der Waals surface area (Å²) in [7, 11) is 6.27. The van der Waals surface area contributed by atoms with Crippen molar-refractivity contribution in [2.24, 2.45) is 0 Å². The standard InChI is InChI=1S/C10H18BP/c11-12(9-5-1-2-6-9)10-7-3-4-8-10/h9-10H,1-8H2. The van der Waals surface area contributed by atoms with Crippen molar-refractivity contribution in [3.8, 4) is 0 Å². The summed E-state index contributed by atoms with van der Waals surface area (Å²) >= 11 is 0. The van der Waals surface area contributed by atoms with Crippen molar-refractivity contribution in [1.82, 2.24) is 0 Å². The van der Waals surface area contributed by atoms with E-state index in [1.54, 1.807) is 0 Å². The van der Waals surface area contributed by atoms with Crippen LogP contribution in [0.25, 0.3) is 0 Å². The van der Waals surface area contributed by atoms with Gasteiger partial charge in [0.2, 0.25) is 0 Å². The Labute approximate surface area is 78.6 Å². The van der Waals surface area contributed by atoms with E-state index in [1.807, 2.05) is 0 Å². The largest absolute Gasteiger partial charge is 0.151 e. The van der Waals surface area contributed by atoms with Gasteiger partial charge in [-0.3, -0.25) is 0 Å². The summed E-state index contributed by atoms with van der Waals surface area (Å²) in [5.74, 6) is 0. The minimum Gasteiger partial charge on any atom is -0.151 e. The van der Waals surface area contributed by atoms with Crippen LogP contribution in [-0.2, 0) is 0 Å². The summed E-state index contributed by atoms with van der Waals surface area (Å²) in [5, 5.41) is 0. The van der Waals surface area contributed by atoms with Crippen LogP contribution in [0.5, 0.6) is 0 Å². The van der Waals surface area contributed by atoms with Gasteiger partial charge in [0, 0.05) is 0 Å². The Hall–Kier alpha value is 0.495. The summed E-state index contributed by atoms with van der Waals surface area (Å²) in [6.45, 7) is 0. The van der Waals surface area contributed by atoms with Gasteiger partial charge in [-0.25, -0.2) is 0 Å². The molecule has 2 saturated carbocycles. The molecule has 0 bridgehead atoms. The van der Waals surface area contributed by atoms with E-state index < -0.39 is 0 Å². The molecule has 0 spiro atoms. The van der Waals surface area contributed by atoms with Crippen molar-refractivity contribution in [2.75, 3.05) is 0 Å². The molecule has 2 aliphatic rings. The second-order valence-corrected chi connectivity index (χ2v) is 6.68. The Balaban J connectivity index is 1.84. The lowest BCUT2D eigenvalue weighted by molar-refractivity contribution is 0.840. The Bertz CT molecular complexity index is 121. The van der Waals surface area contributed by atoms with Crippen LogP contribution in [0.15, 0.2) is 0 Å². The van der Waals surface area contributed by atoms with E-state index in [9.17, 15) is 0 Å². The second-order valence-electron chi connectivity index (χ2n) is 4.32. The lowest BCUT2D eigenvalue weighted by atomic mass is 10.3. The van der Waals surface area contributed by atoms with Crippen molar-refractivity contribution in [1.29, 1.82) is 0 Å². The molecule has 0 heterocycles. The van der Waals surface area contributed by atoms with Crippen molar-refractivity contribution < 1.29 is 0 Å². The van der Waals surface area contributed by atoms with Crippen molar-refractivity contribution >= 4 is 15.4 Å². The van der Waals surface area contributed by atoms with Gasteiger partial charge in [0.15, 0.2) is 0 Å². The van der Waals surface area contributed by atoms with Crippen LogP contribution in [-0.4, -0.2) is 18.9 Å². The molecule has 2 heteroatoms. The maximum absolute atomic E-state index is 6.35. The average Bonchev–Trinajstić information content (AvgIpc) is 2.77. The van der Waals surface area contributed by atoms with E-state index in [-0.39, 0.29) is 7.80 Å². The first-order chi connectivity index (χ1) is 5.88. The quantitative estimate of drug-likeness (QED) is 0.451. The molecule has 0 aliphatic heterocycles. The molecule has 0 aromatic rings. The van der Waals surface area contributed by atoms with Crippen molar-refractivity contribution in [2.45, 2.75) is 62.7 Å². The second kappa shape index (κ2) is 4.14. The third-order valence-corrected chi connectivity index (χ3v) is 6.21. The van der Waals surface area contributed by atoms with Crippen LogP contribution in [0.2, 0.25) is 0 Å². The molecule has 2 radical (unpaired) electrons. The van der Waals surface area contributed by atoms with E-state index in [0.717, 1.165) is 11.3 Å². The first-order valence-corrected chi connectivity index (χ1v) is 6.96. The summed E-state index contributed by atoms with van der Waals surface area (Å²) in [6, 6.07) is 0. The highest BCUT2D eigenvalue weighted by molar-refractivity contribution is 7.83. The van der Waals surface area contributed by atoms with E-state index in [0.29, 0.717) is 0 Å². The minimum atomic E-state index is -0.0828. The Morgan fingerprint density at radius 1 is 0.750 bits per heavy atom. The Kier molecular flexibility index (Phi) is 3.13. The monoisotopic (exact) mass is 180 g/mol. The SMILES string of the molecule is [B]P(C1CCCC1)C1CCCC1. The third-order valence-electron chi connectivity index (χ3n) is 3.49. The van der Waals surface area contributed by atoms with E-state index in [1.165, 1.54) is 51.4 Å². The summed E-state index contributed by atoms with van der Waals surface area (Å²) in [4.78, 5) is 0. The first kappa shape index (κ1) is 9.07. The Morgan fingerprint density at radius 2 is 1.08 bits per heavy atom. The molecule has 0 nitrogen and oxygen atoms in total. The van der Waals surface area contributed by atoms with Gasteiger partial charge in [-0.05, 0) is 37.0 Å². The minimum absolute atomic E-state index is 0.0828. The molecular weight excluding hydrogens is 162 g/mol. The van der Waals surface area contributed by atoms with Crippen LogP contribution in [0.4, 0.5) is 0 Å². The zero-order chi connectivity index (χ0) is 8.39. The fourth-order valence-corrected chi connectivity index (χ4v) is 5.22. The van der Waals surface area contributed by atoms with E-state index in [2.05, 4.69) is 0 Å². The highest BCUT2D eigenvalue weighted by atomic mass is 31.1. The lowest BCUT2D eigenvalue weighted by Crippen LogP contribution is -2.09. The number of rotatable bonds is 2. The predicted octanol–water partition coefficient (Wildman–Crippen LogP) is 3.44. The predicted molar refractivity (Wildman–Crippen MR) is 57.2 cm³/mol. The normalized spacial score (nSPS) is 27.4. The number of hydrogen-bond donors (Lipinski definition) is 0. The van der Waals surface area contributed by atoms with Crippen molar-refractivity contribution in [3.05, 3.63) is 0 Å². The van der Waals surface area contributed by atoms with Gasteiger partial charge in [-0.1, -0.05) is 25.7 Å². The van der Waals surface area contributed by atoms with Gasteiger partial charge in [-0.2, -0.15) is 7.80 Å². The Morgan fingerprint density at radius 3 is 1.42 bits per heavy atom. The topological polar surface area (TPSA) is 0 Å². The molecule has 0 aromatic carbocycles.